The highest BCUT2D eigenvalue weighted by Gasteiger charge is 2.08. The van der Waals surface area contributed by atoms with Crippen molar-refractivity contribution in [2.45, 2.75) is 33.1 Å². The van der Waals surface area contributed by atoms with Crippen molar-refractivity contribution >= 4 is 0 Å². The molecule has 0 spiro atoms. The van der Waals surface area contributed by atoms with Crippen LogP contribution in [0.5, 0.6) is 5.75 Å². The van der Waals surface area contributed by atoms with Crippen molar-refractivity contribution in [1.29, 1.82) is 0 Å². The summed E-state index contributed by atoms with van der Waals surface area (Å²) in [6.07, 6.45) is 3.24. The minimum Gasteiger partial charge on any atom is -0.488 e. The summed E-state index contributed by atoms with van der Waals surface area (Å²) >= 11 is 0. The lowest BCUT2D eigenvalue weighted by Gasteiger charge is -2.12. The predicted molar refractivity (Wildman–Crippen MR) is 69.3 cm³/mol. The Bertz CT molecular complexity index is 506. The Morgan fingerprint density at radius 2 is 2.17 bits per heavy atom. The van der Waals surface area contributed by atoms with Crippen LogP contribution in [0.2, 0.25) is 0 Å². The van der Waals surface area contributed by atoms with Crippen LogP contribution in [0.25, 0.3) is 0 Å². The van der Waals surface area contributed by atoms with E-state index in [0.717, 1.165) is 23.4 Å². The molecule has 0 aliphatic heterocycles. The van der Waals surface area contributed by atoms with Gasteiger partial charge in [0, 0.05) is 23.9 Å². The fourth-order valence-corrected chi connectivity index (χ4v) is 1.77. The van der Waals surface area contributed by atoms with Gasteiger partial charge in [0.05, 0.1) is 12.3 Å². The average molecular weight is 246 g/mol. The van der Waals surface area contributed by atoms with Crippen molar-refractivity contribution < 1.29 is 9.84 Å². The summed E-state index contributed by atoms with van der Waals surface area (Å²) in [6.45, 7) is 5.09. The second-order valence-electron chi connectivity index (χ2n) is 4.21. The smallest absolute Gasteiger partial charge is 0.125 e. The zero-order valence-electron chi connectivity index (χ0n) is 10.7. The number of hydrogen-bond acceptors (Lipinski definition) is 3. The molecule has 1 N–H and O–H groups in total. The van der Waals surface area contributed by atoms with Gasteiger partial charge < -0.3 is 9.84 Å². The number of aliphatic hydroxyl groups excluding tert-OH is 1. The predicted octanol–water partition coefficient (Wildman–Crippen LogP) is 2.54. The van der Waals surface area contributed by atoms with E-state index in [1.807, 2.05) is 42.1 Å². The van der Waals surface area contributed by atoms with Crippen LogP contribution in [0.1, 0.15) is 31.1 Å². The molecule has 1 atom stereocenters. The molecule has 4 heteroatoms. The molecule has 0 bridgehead atoms. The topological polar surface area (TPSA) is 47.3 Å². The second-order valence-corrected chi connectivity index (χ2v) is 4.21. The van der Waals surface area contributed by atoms with Gasteiger partial charge >= 0.3 is 0 Å². The molecule has 0 saturated carbocycles. The lowest BCUT2D eigenvalue weighted by Crippen LogP contribution is -2.00. The molecule has 2 rings (SSSR count). The van der Waals surface area contributed by atoms with Gasteiger partial charge in [0.25, 0.3) is 0 Å². The van der Waals surface area contributed by atoms with Crippen LogP contribution in [-0.2, 0) is 13.2 Å². The molecule has 18 heavy (non-hydrogen) atoms. The van der Waals surface area contributed by atoms with Gasteiger partial charge in [0.15, 0.2) is 0 Å². The van der Waals surface area contributed by atoms with E-state index in [4.69, 9.17) is 4.74 Å². The van der Waals surface area contributed by atoms with Crippen molar-refractivity contribution in [2.24, 2.45) is 0 Å². The molecule has 1 heterocycles. The van der Waals surface area contributed by atoms with Gasteiger partial charge in [-0.2, -0.15) is 5.10 Å². The Morgan fingerprint density at radius 1 is 1.39 bits per heavy atom. The Labute approximate surface area is 107 Å². The molecule has 0 fully saturated rings. The number of para-hydroxylation sites is 1. The van der Waals surface area contributed by atoms with Crippen LogP contribution in [0, 0.1) is 0 Å². The van der Waals surface area contributed by atoms with E-state index in [-0.39, 0.29) is 0 Å². The molecule has 4 nitrogen and oxygen atoms in total. The third kappa shape index (κ3) is 2.90. The number of aliphatic hydroxyl groups is 1. The van der Waals surface area contributed by atoms with Crippen LogP contribution in [0.15, 0.2) is 36.7 Å². The lowest BCUT2D eigenvalue weighted by atomic mass is 10.1. The molecular weight excluding hydrogens is 228 g/mol. The van der Waals surface area contributed by atoms with Crippen molar-refractivity contribution in [3.63, 3.8) is 0 Å². The number of rotatable bonds is 5. The molecule has 0 radical (unpaired) electrons. The maximum Gasteiger partial charge on any atom is 0.125 e. The van der Waals surface area contributed by atoms with Crippen molar-refractivity contribution in [3.8, 4) is 5.75 Å². The van der Waals surface area contributed by atoms with Crippen LogP contribution < -0.4 is 4.74 Å². The average Bonchev–Trinajstić information content (AvgIpc) is 2.84. The van der Waals surface area contributed by atoms with Crippen LogP contribution >= 0.6 is 0 Å². The van der Waals surface area contributed by atoms with E-state index in [9.17, 15) is 5.11 Å². The van der Waals surface area contributed by atoms with E-state index >= 15 is 0 Å². The van der Waals surface area contributed by atoms with Crippen LogP contribution in [0.4, 0.5) is 0 Å². The first-order valence-corrected chi connectivity index (χ1v) is 6.12. The van der Waals surface area contributed by atoms with Gasteiger partial charge in [-0.05, 0) is 19.9 Å². The number of benzene rings is 1. The summed E-state index contributed by atoms with van der Waals surface area (Å²) in [5.41, 5.74) is 1.83. The lowest BCUT2D eigenvalue weighted by molar-refractivity contribution is 0.190. The maximum absolute atomic E-state index is 9.65. The fraction of sp³-hybridized carbons (Fsp3) is 0.357. The standard InChI is InChI=1S/C14H18N2O2/c1-3-16-9-12(8-15-16)10-18-14-7-5-4-6-13(14)11(2)17/h4-9,11,17H,3,10H2,1-2H3/t11-/m0/s1. The summed E-state index contributed by atoms with van der Waals surface area (Å²) in [5.74, 6) is 0.719. The first-order chi connectivity index (χ1) is 8.70. The second kappa shape index (κ2) is 5.69. The van der Waals surface area contributed by atoms with Gasteiger partial charge in [-0.25, -0.2) is 0 Å². The zero-order chi connectivity index (χ0) is 13.0. The SMILES string of the molecule is CCn1cc(COc2ccccc2[C@H](C)O)cn1. The molecule has 0 aliphatic carbocycles. The fourth-order valence-electron chi connectivity index (χ4n) is 1.77. The monoisotopic (exact) mass is 246 g/mol. The Balaban J connectivity index is 2.05. The van der Waals surface area contributed by atoms with E-state index < -0.39 is 6.10 Å². The number of aromatic nitrogens is 2. The number of nitrogens with zero attached hydrogens (tertiary/aromatic N) is 2. The third-order valence-corrected chi connectivity index (χ3v) is 2.77. The molecular formula is C14H18N2O2. The largest absolute Gasteiger partial charge is 0.488 e. The summed E-state index contributed by atoms with van der Waals surface area (Å²) in [7, 11) is 0. The van der Waals surface area contributed by atoms with Crippen molar-refractivity contribution in [2.75, 3.05) is 0 Å². The van der Waals surface area contributed by atoms with Crippen LogP contribution in [-0.4, -0.2) is 14.9 Å². The molecule has 0 saturated heterocycles. The molecule has 1 aromatic carbocycles. The molecule has 0 aliphatic rings. The zero-order valence-corrected chi connectivity index (χ0v) is 10.7. The van der Waals surface area contributed by atoms with Crippen molar-refractivity contribution in [3.05, 3.63) is 47.8 Å². The molecule has 0 amide bonds. The van der Waals surface area contributed by atoms with E-state index in [2.05, 4.69) is 5.10 Å². The van der Waals surface area contributed by atoms with Gasteiger partial charge in [0.1, 0.15) is 12.4 Å². The van der Waals surface area contributed by atoms with E-state index in [0.29, 0.717) is 6.61 Å². The minimum atomic E-state index is -0.528. The highest BCUT2D eigenvalue weighted by atomic mass is 16.5. The van der Waals surface area contributed by atoms with Gasteiger partial charge in [-0.1, -0.05) is 18.2 Å². The summed E-state index contributed by atoms with van der Waals surface area (Å²) in [4.78, 5) is 0. The normalized spacial score (nSPS) is 12.4. The van der Waals surface area contributed by atoms with Gasteiger partial charge in [-0.3, -0.25) is 4.68 Å². The molecule has 0 unspecified atom stereocenters. The van der Waals surface area contributed by atoms with E-state index in [1.54, 1.807) is 13.1 Å². The minimum absolute atomic E-state index is 0.462. The first kappa shape index (κ1) is 12.6. The highest BCUT2D eigenvalue weighted by Crippen LogP contribution is 2.25. The summed E-state index contributed by atoms with van der Waals surface area (Å²) < 4.78 is 7.59. The van der Waals surface area contributed by atoms with E-state index in [1.165, 1.54) is 0 Å². The Kier molecular flexibility index (Phi) is 3.99. The third-order valence-electron chi connectivity index (χ3n) is 2.77. The number of hydrogen-bond donors (Lipinski definition) is 1. The maximum atomic E-state index is 9.65. The Morgan fingerprint density at radius 3 is 2.83 bits per heavy atom. The molecule has 96 valence electrons. The first-order valence-electron chi connectivity index (χ1n) is 6.12. The number of ether oxygens (including phenoxy) is 1. The molecule has 2 aromatic rings. The molecule has 1 aromatic heterocycles. The quantitative estimate of drug-likeness (QED) is 0.882. The van der Waals surface area contributed by atoms with Crippen LogP contribution in [0.3, 0.4) is 0 Å². The number of aryl methyl sites for hydroxylation is 1. The van der Waals surface area contributed by atoms with Gasteiger partial charge in [-0.15, -0.1) is 0 Å². The summed E-state index contributed by atoms with van der Waals surface area (Å²) in [6, 6.07) is 7.53. The Hall–Kier alpha value is -1.81. The van der Waals surface area contributed by atoms with Crippen molar-refractivity contribution in [1.82, 2.24) is 9.78 Å². The van der Waals surface area contributed by atoms with Gasteiger partial charge in [0.2, 0.25) is 0 Å². The summed E-state index contributed by atoms with van der Waals surface area (Å²) in [5, 5.41) is 13.8. The highest BCUT2D eigenvalue weighted by molar-refractivity contribution is 5.34.